The van der Waals surface area contributed by atoms with Crippen molar-refractivity contribution in [1.82, 2.24) is 10.2 Å². The van der Waals surface area contributed by atoms with Gasteiger partial charge in [-0.2, -0.15) is 0 Å². The second-order valence-corrected chi connectivity index (χ2v) is 6.25. The first-order valence-corrected chi connectivity index (χ1v) is 8.20. The molecule has 2 heterocycles. The van der Waals surface area contributed by atoms with E-state index in [9.17, 15) is 9.59 Å². The highest BCUT2D eigenvalue weighted by Gasteiger charge is 2.40. The number of fused-ring (bicyclic) bond motifs is 2. The lowest BCUT2D eigenvalue weighted by atomic mass is 9.91. The molecule has 25 heavy (non-hydrogen) atoms. The minimum absolute atomic E-state index is 0.136. The van der Waals surface area contributed by atoms with Gasteiger partial charge in [-0.3, -0.25) is 9.59 Å². The molecule has 2 aromatic carbocycles. The van der Waals surface area contributed by atoms with Gasteiger partial charge in [0.25, 0.3) is 5.91 Å². The summed E-state index contributed by atoms with van der Waals surface area (Å²) < 4.78 is 5.20. The summed E-state index contributed by atoms with van der Waals surface area (Å²) >= 11 is 0. The van der Waals surface area contributed by atoms with Crippen molar-refractivity contribution in [3.05, 3.63) is 70.9 Å². The Morgan fingerprint density at radius 3 is 2.72 bits per heavy atom. The molecule has 1 saturated heterocycles. The first kappa shape index (κ1) is 15.4. The third-order valence-corrected chi connectivity index (χ3v) is 4.71. The lowest BCUT2D eigenvalue weighted by Crippen LogP contribution is -2.58. The van der Waals surface area contributed by atoms with Crippen molar-refractivity contribution in [2.75, 3.05) is 7.11 Å². The molecule has 0 spiro atoms. The Morgan fingerprint density at radius 2 is 1.92 bits per heavy atom. The van der Waals surface area contributed by atoms with Gasteiger partial charge in [-0.05, 0) is 34.9 Å². The zero-order valence-electron chi connectivity index (χ0n) is 13.9. The number of carbonyl (C=O) groups is 2. The van der Waals surface area contributed by atoms with Crippen LogP contribution < -0.4 is 10.1 Å². The zero-order chi connectivity index (χ0) is 17.4. The van der Waals surface area contributed by atoms with Crippen LogP contribution in [0.4, 0.5) is 0 Å². The Kier molecular flexibility index (Phi) is 3.76. The molecule has 1 atom stereocenters. The van der Waals surface area contributed by atoms with Gasteiger partial charge in [0.15, 0.2) is 0 Å². The Bertz CT molecular complexity index is 888. The maximum absolute atomic E-state index is 12.9. The molecule has 5 nitrogen and oxygen atoms in total. The van der Waals surface area contributed by atoms with E-state index in [0.29, 0.717) is 24.4 Å². The summed E-state index contributed by atoms with van der Waals surface area (Å²) in [7, 11) is 1.59. The number of nitrogens with one attached hydrogen (secondary N) is 1. The van der Waals surface area contributed by atoms with E-state index in [0.717, 1.165) is 16.7 Å². The highest BCUT2D eigenvalue weighted by atomic mass is 16.5. The van der Waals surface area contributed by atoms with E-state index >= 15 is 0 Å². The quantitative estimate of drug-likeness (QED) is 0.856. The molecule has 0 unspecified atom stereocenters. The lowest BCUT2D eigenvalue weighted by molar-refractivity contribution is -0.143. The molecule has 2 aromatic rings. The van der Waals surface area contributed by atoms with Gasteiger partial charge in [-0.15, -0.1) is 0 Å². The Labute approximate surface area is 145 Å². The molecule has 0 aliphatic carbocycles. The molecule has 2 amide bonds. The molecular weight excluding hydrogens is 316 g/mol. The van der Waals surface area contributed by atoms with E-state index in [1.807, 2.05) is 48.5 Å². The maximum Gasteiger partial charge on any atom is 0.271 e. The van der Waals surface area contributed by atoms with E-state index in [1.165, 1.54) is 0 Å². The van der Waals surface area contributed by atoms with Gasteiger partial charge in [0.2, 0.25) is 5.91 Å². The Hall–Kier alpha value is -3.08. The van der Waals surface area contributed by atoms with Crippen LogP contribution in [-0.2, 0) is 22.6 Å². The molecule has 2 aliphatic rings. The largest absolute Gasteiger partial charge is 0.497 e. The standard InChI is InChI=1S/C20H18N2O3/c1-25-16-8-4-5-13(9-16)10-17-20(24)22-12-15-7-3-2-6-14(15)11-18(22)19(23)21-17/h2-10,18H,11-12H2,1H3,(H,21,23)/b17-10-/t18-/m1/s1. The predicted octanol–water partition coefficient (Wildman–Crippen LogP) is 2.12. The molecule has 5 heteroatoms. The fraction of sp³-hybridized carbons (Fsp3) is 0.200. The van der Waals surface area contributed by atoms with Crippen molar-refractivity contribution in [3.8, 4) is 5.75 Å². The van der Waals surface area contributed by atoms with Crippen LogP contribution in [0.5, 0.6) is 5.75 Å². The van der Waals surface area contributed by atoms with Crippen molar-refractivity contribution in [1.29, 1.82) is 0 Å². The lowest BCUT2D eigenvalue weighted by Gasteiger charge is -2.39. The van der Waals surface area contributed by atoms with Crippen LogP contribution in [-0.4, -0.2) is 29.9 Å². The number of carbonyl (C=O) groups excluding carboxylic acids is 2. The third kappa shape index (κ3) is 2.78. The molecule has 1 fully saturated rings. The fourth-order valence-corrected chi connectivity index (χ4v) is 3.39. The summed E-state index contributed by atoms with van der Waals surface area (Å²) in [4.78, 5) is 27.1. The Balaban J connectivity index is 1.66. The van der Waals surface area contributed by atoms with Crippen LogP contribution >= 0.6 is 0 Å². The van der Waals surface area contributed by atoms with Gasteiger partial charge in [-0.25, -0.2) is 0 Å². The predicted molar refractivity (Wildman–Crippen MR) is 93.6 cm³/mol. The van der Waals surface area contributed by atoms with Crippen molar-refractivity contribution >= 4 is 17.9 Å². The average molecular weight is 334 g/mol. The number of piperazine rings is 1. The van der Waals surface area contributed by atoms with Crippen LogP contribution in [0.15, 0.2) is 54.2 Å². The second kappa shape index (κ2) is 6.09. The van der Waals surface area contributed by atoms with Gasteiger partial charge in [0.1, 0.15) is 17.5 Å². The normalized spacial score (nSPS) is 20.8. The van der Waals surface area contributed by atoms with Crippen LogP contribution in [0.25, 0.3) is 6.08 Å². The molecule has 0 aromatic heterocycles. The summed E-state index contributed by atoms with van der Waals surface area (Å²) in [6, 6.07) is 14.9. The van der Waals surface area contributed by atoms with Gasteiger partial charge in [0, 0.05) is 13.0 Å². The van der Waals surface area contributed by atoms with Crippen LogP contribution in [0.1, 0.15) is 16.7 Å². The second-order valence-electron chi connectivity index (χ2n) is 6.25. The SMILES string of the molecule is COc1cccc(/C=C2\NC(=O)[C@H]3Cc4ccccc4CN3C2=O)c1. The summed E-state index contributed by atoms with van der Waals surface area (Å²) in [6.07, 6.45) is 2.25. The Morgan fingerprint density at radius 1 is 1.12 bits per heavy atom. The molecular formula is C20H18N2O3. The molecule has 1 N–H and O–H groups in total. The highest BCUT2D eigenvalue weighted by molar-refractivity contribution is 6.07. The molecule has 4 rings (SSSR count). The van der Waals surface area contributed by atoms with E-state index in [1.54, 1.807) is 18.1 Å². The number of methoxy groups -OCH3 is 1. The maximum atomic E-state index is 12.9. The van der Waals surface area contributed by atoms with Gasteiger partial charge >= 0.3 is 0 Å². The van der Waals surface area contributed by atoms with E-state index < -0.39 is 6.04 Å². The molecule has 126 valence electrons. The summed E-state index contributed by atoms with van der Waals surface area (Å²) in [5.41, 5.74) is 3.34. The van der Waals surface area contributed by atoms with Crippen molar-refractivity contribution in [2.24, 2.45) is 0 Å². The summed E-state index contributed by atoms with van der Waals surface area (Å²) in [5.74, 6) is 0.416. The van der Waals surface area contributed by atoms with Crippen LogP contribution in [0.3, 0.4) is 0 Å². The summed E-state index contributed by atoms with van der Waals surface area (Å²) in [5, 5.41) is 2.77. The number of hydrogen-bond donors (Lipinski definition) is 1. The number of ether oxygens (including phenoxy) is 1. The van der Waals surface area contributed by atoms with Crippen molar-refractivity contribution in [2.45, 2.75) is 19.0 Å². The van der Waals surface area contributed by atoms with Crippen molar-refractivity contribution < 1.29 is 14.3 Å². The van der Waals surface area contributed by atoms with E-state index in [4.69, 9.17) is 4.74 Å². The third-order valence-electron chi connectivity index (χ3n) is 4.71. The first-order valence-electron chi connectivity index (χ1n) is 8.20. The van der Waals surface area contributed by atoms with Gasteiger partial charge < -0.3 is 15.0 Å². The minimum atomic E-state index is -0.440. The minimum Gasteiger partial charge on any atom is -0.497 e. The number of rotatable bonds is 2. The average Bonchev–Trinajstić information content (AvgIpc) is 2.65. The summed E-state index contributed by atoms with van der Waals surface area (Å²) in [6.45, 7) is 0.461. The molecule has 0 saturated carbocycles. The topological polar surface area (TPSA) is 58.6 Å². The van der Waals surface area contributed by atoms with Crippen LogP contribution in [0.2, 0.25) is 0 Å². The number of benzene rings is 2. The fourth-order valence-electron chi connectivity index (χ4n) is 3.39. The molecule has 0 radical (unpaired) electrons. The number of amides is 2. The zero-order valence-corrected chi connectivity index (χ0v) is 13.9. The van der Waals surface area contributed by atoms with Gasteiger partial charge in [-0.1, -0.05) is 36.4 Å². The highest BCUT2D eigenvalue weighted by Crippen LogP contribution is 2.27. The smallest absolute Gasteiger partial charge is 0.271 e. The van der Waals surface area contributed by atoms with E-state index in [2.05, 4.69) is 5.32 Å². The van der Waals surface area contributed by atoms with Crippen molar-refractivity contribution in [3.63, 3.8) is 0 Å². The number of hydrogen-bond acceptors (Lipinski definition) is 3. The van der Waals surface area contributed by atoms with E-state index in [-0.39, 0.29) is 11.8 Å². The van der Waals surface area contributed by atoms with Crippen LogP contribution in [0, 0.1) is 0 Å². The molecule has 0 bridgehead atoms. The van der Waals surface area contributed by atoms with Gasteiger partial charge in [0.05, 0.1) is 7.11 Å². The monoisotopic (exact) mass is 334 g/mol. The first-order chi connectivity index (χ1) is 12.2. The molecule has 2 aliphatic heterocycles. The number of nitrogens with zero attached hydrogens (tertiary/aromatic N) is 1.